The number of halogens is 2. The van der Waals surface area contributed by atoms with Crippen molar-refractivity contribution in [3.63, 3.8) is 0 Å². The number of rotatable bonds is 3. The van der Waals surface area contributed by atoms with Gasteiger partial charge in [-0.15, -0.1) is 0 Å². The molecule has 0 bridgehead atoms. The third kappa shape index (κ3) is 3.96. The van der Waals surface area contributed by atoms with E-state index in [0.717, 1.165) is 16.4 Å². The lowest BCUT2D eigenvalue weighted by atomic mass is 10.1. The number of carbonyl (C=O) groups excluding carboxylic acids is 1. The molecule has 1 fully saturated rings. The van der Waals surface area contributed by atoms with Gasteiger partial charge in [-0.25, -0.2) is 13.9 Å². The van der Waals surface area contributed by atoms with Crippen LogP contribution in [0.4, 0.5) is 8.78 Å². The third-order valence-electron chi connectivity index (χ3n) is 3.29. The molecule has 1 aromatic rings. The van der Waals surface area contributed by atoms with Crippen LogP contribution in [0.2, 0.25) is 0 Å². The van der Waals surface area contributed by atoms with E-state index in [1.165, 1.54) is 11.0 Å². The van der Waals surface area contributed by atoms with Crippen molar-refractivity contribution in [1.29, 1.82) is 0 Å². The summed E-state index contributed by atoms with van der Waals surface area (Å²) in [5.74, 6) is -2.23. The van der Waals surface area contributed by atoms with E-state index in [-0.39, 0.29) is 38.5 Å². The molecule has 2 rings (SSSR count). The van der Waals surface area contributed by atoms with Crippen LogP contribution in [0.5, 0.6) is 0 Å². The van der Waals surface area contributed by atoms with E-state index >= 15 is 0 Å². The van der Waals surface area contributed by atoms with E-state index in [2.05, 4.69) is 0 Å². The summed E-state index contributed by atoms with van der Waals surface area (Å²) in [6, 6.07) is 3.29. The lowest BCUT2D eigenvalue weighted by Crippen LogP contribution is -2.52. The molecule has 1 aliphatic rings. The normalized spacial score (nSPS) is 17.0. The van der Waals surface area contributed by atoms with E-state index in [4.69, 9.17) is 5.14 Å². The molecule has 0 aliphatic carbocycles. The van der Waals surface area contributed by atoms with Crippen LogP contribution in [-0.4, -0.2) is 49.7 Å². The Balaban J connectivity index is 1.95. The summed E-state index contributed by atoms with van der Waals surface area (Å²) >= 11 is 0. The Labute approximate surface area is 121 Å². The number of piperazine rings is 1. The van der Waals surface area contributed by atoms with E-state index in [1.807, 2.05) is 0 Å². The maximum Gasteiger partial charge on any atom is 0.277 e. The van der Waals surface area contributed by atoms with Crippen LogP contribution in [0, 0.1) is 11.6 Å². The molecule has 1 aliphatic heterocycles. The van der Waals surface area contributed by atoms with Gasteiger partial charge in [0.05, 0.1) is 6.42 Å². The molecule has 0 atom stereocenters. The summed E-state index contributed by atoms with van der Waals surface area (Å²) in [5.41, 5.74) is 0.368. The summed E-state index contributed by atoms with van der Waals surface area (Å²) in [6.45, 7) is 0.697. The average Bonchev–Trinajstić information content (AvgIpc) is 2.42. The van der Waals surface area contributed by atoms with E-state index in [0.29, 0.717) is 5.56 Å². The van der Waals surface area contributed by atoms with Gasteiger partial charge in [-0.05, 0) is 17.7 Å². The van der Waals surface area contributed by atoms with E-state index in [1.54, 1.807) is 0 Å². The molecule has 21 heavy (non-hydrogen) atoms. The van der Waals surface area contributed by atoms with Crippen LogP contribution in [0.15, 0.2) is 18.2 Å². The minimum absolute atomic E-state index is 0.0629. The van der Waals surface area contributed by atoms with Crippen molar-refractivity contribution in [3.8, 4) is 0 Å². The molecule has 1 aromatic carbocycles. The van der Waals surface area contributed by atoms with Crippen molar-refractivity contribution < 1.29 is 22.0 Å². The molecule has 6 nitrogen and oxygen atoms in total. The second-order valence-corrected chi connectivity index (χ2v) is 6.30. The Morgan fingerprint density at radius 2 is 1.76 bits per heavy atom. The zero-order valence-electron chi connectivity index (χ0n) is 11.1. The monoisotopic (exact) mass is 319 g/mol. The quantitative estimate of drug-likeness (QED) is 0.841. The summed E-state index contributed by atoms with van der Waals surface area (Å²) in [4.78, 5) is 13.5. The van der Waals surface area contributed by atoms with Gasteiger partial charge in [0.1, 0.15) is 0 Å². The average molecular weight is 319 g/mol. The van der Waals surface area contributed by atoms with Crippen molar-refractivity contribution >= 4 is 16.1 Å². The number of carbonyl (C=O) groups is 1. The Morgan fingerprint density at radius 3 is 2.29 bits per heavy atom. The number of nitrogens with zero attached hydrogens (tertiary/aromatic N) is 2. The number of hydrogen-bond acceptors (Lipinski definition) is 3. The molecule has 116 valence electrons. The van der Waals surface area contributed by atoms with Crippen molar-refractivity contribution in [1.82, 2.24) is 9.21 Å². The highest BCUT2D eigenvalue weighted by Gasteiger charge is 2.26. The largest absolute Gasteiger partial charge is 0.340 e. The standard InChI is InChI=1S/C12H15F2N3O3S/c13-10-2-1-9(7-11(10)14)8-12(18)16-3-5-17(6-4-16)21(15,19)20/h1-2,7H,3-6,8H2,(H2,15,19,20). The highest BCUT2D eigenvalue weighted by Crippen LogP contribution is 2.12. The molecule has 1 heterocycles. The molecule has 1 saturated heterocycles. The number of nitrogens with two attached hydrogens (primary N) is 1. The first-order valence-electron chi connectivity index (χ1n) is 6.27. The Bertz CT molecular complexity index is 643. The van der Waals surface area contributed by atoms with Crippen molar-refractivity contribution in [2.45, 2.75) is 6.42 Å². The molecule has 0 radical (unpaired) electrons. The highest BCUT2D eigenvalue weighted by molar-refractivity contribution is 7.86. The zero-order chi connectivity index (χ0) is 15.6. The summed E-state index contributed by atoms with van der Waals surface area (Å²) in [6.07, 6.45) is -0.0629. The molecular weight excluding hydrogens is 304 g/mol. The topological polar surface area (TPSA) is 83.7 Å². The maximum absolute atomic E-state index is 13.1. The molecule has 1 amide bonds. The van der Waals surface area contributed by atoms with Gasteiger partial charge in [0.25, 0.3) is 10.2 Å². The van der Waals surface area contributed by atoms with Gasteiger partial charge in [0.15, 0.2) is 11.6 Å². The highest BCUT2D eigenvalue weighted by atomic mass is 32.2. The molecular formula is C12H15F2N3O3S. The van der Waals surface area contributed by atoms with Gasteiger partial charge in [0.2, 0.25) is 5.91 Å². The fourth-order valence-corrected chi connectivity index (χ4v) is 2.80. The smallest absolute Gasteiger partial charge is 0.277 e. The Morgan fingerprint density at radius 1 is 1.14 bits per heavy atom. The number of hydrogen-bond donors (Lipinski definition) is 1. The number of amides is 1. The first kappa shape index (κ1) is 15.8. The lowest BCUT2D eigenvalue weighted by Gasteiger charge is -2.33. The van der Waals surface area contributed by atoms with Gasteiger partial charge in [-0.3, -0.25) is 4.79 Å². The van der Waals surface area contributed by atoms with Crippen molar-refractivity contribution in [2.75, 3.05) is 26.2 Å². The number of benzene rings is 1. The molecule has 2 N–H and O–H groups in total. The second kappa shape index (κ2) is 6.04. The first-order chi connectivity index (χ1) is 9.77. The Kier molecular flexibility index (Phi) is 4.55. The van der Waals surface area contributed by atoms with Gasteiger partial charge < -0.3 is 4.90 Å². The van der Waals surface area contributed by atoms with E-state index < -0.39 is 21.8 Å². The molecule has 0 unspecified atom stereocenters. The predicted molar refractivity (Wildman–Crippen MR) is 71.3 cm³/mol. The van der Waals surface area contributed by atoms with Crippen LogP contribution in [0.1, 0.15) is 5.56 Å². The minimum atomic E-state index is -3.74. The summed E-state index contributed by atoms with van der Waals surface area (Å²) in [5, 5.41) is 5.00. The fraction of sp³-hybridized carbons (Fsp3) is 0.417. The fourth-order valence-electron chi connectivity index (χ4n) is 2.13. The van der Waals surface area contributed by atoms with Crippen LogP contribution >= 0.6 is 0 Å². The van der Waals surface area contributed by atoms with Gasteiger partial charge in [0, 0.05) is 26.2 Å². The minimum Gasteiger partial charge on any atom is -0.340 e. The summed E-state index contributed by atoms with van der Waals surface area (Å²) in [7, 11) is -3.74. The van der Waals surface area contributed by atoms with Gasteiger partial charge in [-0.1, -0.05) is 6.07 Å². The maximum atomic E-state index is 13.1. The lowest BCUT2D eigenvalue weighted by molar-refractivity contribution is -0.131. The van der Waals surface area contributed by atoms with Crippen LogP contribution in [0.3, 0.4) is 0 Å². The van der Waals surface area contributed by atoms with Crippen LogP contribution in [0.25, 0.3) is 0 Å². The van der Waals surface area contributed by atoms with Crippen LogP contribution in [-0.2, 0) is 21.4 Å². The van der Waals surface area contributed by atoms with Gasteiger partial charge in [-0.2, -0.15) is 12.7 Å². The predicted octanol–water partition coefficient (Wildman–Crippen LogP) is -0.145. The van der Waals surface area contributed by atoms with Gasteiger partial charge >= 0.3 is 0 Å². The molecule has 0 saturated carbocycles. The molecule has 0 spiro atoms. The van der Waals surface area contributed by atoms with Crippen molar-refractivity contribution in [3.05, 3.63) is 35.4 Å². The summed E-state index contributed by atoms with van der Waals surface area (Å²) < 4.78 is 49.3. The molecule has 9 heteroatoms. The second-order valence-electron chi connectivity index (χ2n) is 4.75. The van der Waals surface area contributed by atoms with Crippen LogP contribution < -0.4 is 5.14 Å². The van der Waals surface area contributed by atoms with Crippen molar-refractivity contribution in [2.24, 2.45) is 5.14 Å². The Hall–Kier alpha value is -1.58. The SMILES string of the molecule is NS(=O)(=O)N1CCN(C(=O)Cc2ccc(F)c(F)c2)CC1. The first-order valence-corrected chi connectivity index (χ1v) is 7.77. The molecule has 0 aromatic heterocycles. The zero-order valence-corrected chi connectivity index (χ0v) is 11.9. The third-order valence-corrected chi connectivity index (χ3v) is 4.38. The van der Waals surface area contributed by atoms with E-state index in [9.17, 15) is 22.0 Å².